The molecule has 6 nitrogen and oxygen atoms in total. The quantitative estimate of drug-likeness (QED) is 0.677. The fourth-order valence-corrected chi connectivity index (χ4v) is 6.04. The first-order valence-electron chi connectivity index (χ1n) is 11.8. The average molecular weight is 437 g/mol. The van der Waals surface area contributed by atoms with E-state index >= 15 is 0 Å². The molecule has 1 aromatic rings. The second-order valence-corrected chi connectivity index (χ2v) is 11.4. The van der Waals surface area contributed by atoms with Gasteiger partial charge in [0.2, 0.25) is 10.0 Å². The van der Waals surface area contributed by atoms with Crippen LogP contribution in [0.5, 0.6) is 0 Å². The van der Waals surface area contributed by atoms with E-state index in [0.29, 0.717) is 25.4 Å². The van der Waals surface area contributed by atoms with Crippen LogP contribution in [0.2, 0.25) is 0 Å². The maximum atomic E-state index is 13.3. The Morgan fingerprint density at radius 1 is 1.07 bits per heavy atom. The molecule has 0 radical (unpaired) electrons. The molecule has 168 valence electrons. The number of ether oxygens (including phenoxy) is 1. The number of nitrogens with one attached hydrogen (secondary N) is 1. The summed E-state index contributed by atoms with van der Waals surface area (Å²) in [6.45, 7) is 4.28. The molecule has 3 aliphatic rings. The summed E-state index contributed by atoms with van der Waals surface area (Å²) in [6.07, 6.45) is 9.48. The second kappa shape index (κ2) is 9.13. The van der Waals surface area contributed by atoms with Crippen LogP contribution in [-0.4, -0.2) is 37.5 Å². The predicted octanol–water partition coefficient (Wildman–Crippen LogP) is 3.51. The van der Waals surface area contributed by atoms with E-state index in [4.69, 9.17) is 4.74 Å². The van der Waals surface area contributed by atoms with Gasteiger partial charge in [-0.1, -0.05) is 19.4 Å². The molecule has 1 aromatic heterocycles. The lowest BCUT2D eigenvalue weighted by Crippen LogP contribution is -2.50. The third kappa shape index (κ3) is 4.83. The fraction of sp³-hybridized carbons (Fsp3) is 0.783. The van der Waals surface area contributed by atoms with Gasteiger partial charge >= 0.3 is 0 Å². The summed E-state index contributed by atoms with van der Waals surface area (Å²) in [6, 6.07) is 3.47. The van der Waals surface area contributed by atoms with Crippen molar-refractivity contribution in [1.29, 1.82) is 0 Å². The van der Waals surface area contributed by atoms with E-state index < -0.39 is 10.0 Å². The minimum absolute atomic E-state index is 0.0436. The van der Waals surface area contributed by atoms with Gasteiger partial charge in [0.05, 0.1) is 24.5 Å². The first-order chi connectivity index (χ1) is 14.4. The number of hydrogen-bond acceptors (Lipinski definition) is 4. The number of aryl methyl sites for hydroxylation is 1. The first kappa shape index (κ1) is 22.0. The summed E-state index contributed by atoms with van der Waals surface area (Å²) in [4.78, 5) is 13.3. The molecule has 1 N–H and O–H groups in total. The van der Waals surface area contributed by atoms with E-state index in [1.54, 1.807) is 6.92 Å². The molecule has 0 bridgehead atoms. The largest absolute Gasteiger partial charge is 0.376 e. The summed E-state index contributed by atoms with van der Waals surface area (Å²) >= 11 is 0. The molecule has 0 amide bonds. The van der Waals surface area contributed by atoms with Crippen LogP contribution in [0.25, 0.3) is 0 Å². The lowest BCUT2D eigenvalue weighted by molar-refractivity contribution is -0.00696. The fourth-order valence-electron chi connectivity index (χ4n) is 5.14. The molecule has 7 heteroatoms. The maximum Gasteiger partial charge on any atom is 0.254 e. The van der Waals surface area contributed by atoms with E-state index in [-0.39, 0.29) is 29.5 Å². The number of fused-ring (bicyclic) bond motifs is 1. The molecule has 2 atom stereocenters. The third-order valence-corrected chi connectivity index (χ3v) is 8.76. The summed E-state index contributed by atoms with van der Waals surface area (Å²) in [5, 5.41) is 0. The average Bonchev–Trinajstić information content (AvgIpc) is 3.58. The van der Waals surface area contributed by atoms with Crippen LogP contribution in [0.4, 0.5) is 0 Å². The van der Waals surface area contributed by atoms with Crippen LogP contribution in [0.3, 0.4) is 0 Å². The second-order valence-electron chi connectivity index (χ2n) is 9.35. The minimum atomic E-state index is -3.36. The van der Waals surface area contributed by atoms with Crippen LogP contribution in [0, 0.1) is 5.92 Å². The molecule has 2 saturated carbocycles. The van der Waals surface area contributed by atoms with Gasteiger partial charge in [0, 0.05) is 17.3 Å². The predicted molar refractivity (Wildman–Crippen MR) is 118 cm³/mol. The van der Waals surface area contributed by atoms with Gasteiger partial charge in [0.1, 0.15) is 0 Å². The monoisotopic (exact) mass is 436 g/mol. The highest BCUT2D eigenvalue weighted by atomic mass is 32.2. The molecule has 1 aliphatic heterocycles. The maximum absolute atomic E-state index is 13.3. The van der Waals surface area contributed by atoms with Crippen LogP contribution < -0.4 is 10.3 Å². The van der Waals surface area contributed by atoms with Crippen molar-refractivity contribution in [3.8, 4) is 0 Å². The van der Waals surface area contributed by atoms with Gasteiger partial charge in [-0.05, 0) is 76.2 Å². The van der Waals surface area contributed by atoms with Crippen molar-refractivity contribution in [3.05, 3.63) is 33.7 Å². The number of sulfonamides is 1. The molecule has 0 aromatic carbocycles. The van der Waals surface area contributed by atoms with Gasteiger partial charge < -0.3 is 9.30 Å². The first-order valence-corrected chi connectivity index (χ1v) is 13.4. The van der Waals surface area contributed by atoms with Gasteiger partial charge in [-0.3, -0.25) is 4.79 Å². The standard InChI is InChI=1S/C23H36N2O4S/c1-3-16-5-11-19(12-6-16)29-15-22-21(24-30(27,28)4-2)14-10-18-9-13-20(17-7-8-17)23(26)25(18)22/h9,13,16-17,19,21-22,24H,3-8,10-12,14-15H2,1-2H3. The lowest BCUT2D eigenvalue weighted by atomic mass is 9.86. The van der Waals surface area contributed by atoms with E-state index in [1.165, 1.54) is 19.3 Å². The van der Waals surface area contributed by atoms with Gasteiger partial charge in [-0.2, -0.15) is 0 Å². The summed E-state index contributed by atoms with van der Waals surface area (Å²) in [5.41, 5.74) is 1.93. The molecule has 2 fully saturated rings. The third-order valence-electron chi connectivity index (χ3n) is 7.34. The van der Waals surface area contributed by atoms with Crippen molar-refractivity contribution in [2.45, 2.75) is 95.7 Å². The Bertz CT molecular complexity index is 898. The van der Waals surface area contributed by atoms with Crippen molar-refractivity contribution in [1.82, 2.24) is 9.29 Å². The van der Waals surface area contributed by atoms with Crippen LogP contribution >= 0.6 is 0 Å². The van der Waals surface area contributed by atoms with Gasteiger partial charge in [-0.25, -0.2) is 13.1 Å². The highest BCUT2D eigenvalue weighted by Crippen LogP contribution is 2.39. The number of pyridine rings is 1. The smallest absolute Gasteiger partial charge is 0.254 e. The zero-order chi connectivity index (χ0) is 21.3. The van der Waals surface area contributed by atoms with Crippen LogP contribution in [-0.2, 0) is 21.2 Å². The molecule has 30 heavy (non-hydrogen) atoms. The van der Waals surface area contributed by atoms with E-state index in [9.17, 15) is 13.2 Å². The molecule has 2 heterocycles. The molecule has 2 aliphatic carbocycles. The van der Waals surface area contributed by atoms with Crippen molar-refractivity contribution in [2.75, 3.05) is 12.4 Å². The summed E-state index contributed by atoms with van der Waals surface area (Å²) in [5.74, 6) is 1.21. The van der Waals surface area contributed by atoms with Crippen molar-refractivity contribution in [2.24, 2.45) is 5.92 Å². The lowest BCUT2D eigenvalue weighted by Gasteiger charge is -2.37. The normalized spacial score (nSPS) is 29.5. The Morgan fingerprint density at radius 2 is 1.80 bits per heavy atom. The van der Waals surface area contributed by atoms with Crippen molar-refractivity contribution >= 4 is 10.0 Å². The Balaban J connectivity index is 1.57. The van der Waals surface area contributed by atoms with Crippen molar-refractivity contribution in [3.63, 3.8) is 0 Å². The Hall–Kier alpha value is -1.18. The molecular formula is C23H36N2O4S. The molecule has 0 saturated heterocycles. The highest BCUT2D eigenvalue weighted by molar-refractivity contribution is 7.89. The molecule has 2 unspecified atom stereocenters. The molecule has 0 spiro atoms. The van der Waals surface area contributed by atoms with Gasteiger partial charge in [0.15, 0.2) is 0 Å². The Labute approximate surface area is 180 Å². The highest BCUT2D eigenvalue weighted by Gasteiger charge is 2.36. The van der Waals surface area contributed by atoms with E-state index in [2.05, 4.69) is 17.7 Å². The van der Waals surface area contributed by atoms with E-state index in [1.807, 2.05) is 10.6 Å². The molecular weight excluding hydrogens is 400 g/mol. The summed E-state index contributed by atoms with van der Waals surface area (Å²) < 4.78 is 35.7. The summed E-state index contributed by atoms with van der Waals surface area (Å²) in [7, 11) is -3.36. The van der Waals surface area contributed by atoms with Crippen molar-refractivity contribution < 1.29 is 13.2 Å². The zero-order valence-corrected chi connectivity index (χ0v) is 19.1. The number of aromatic nitrogens is 1. The number of rotatable bonds is 8. The van der Waals surface area contributed by atoms with E-state index in [0.717, 1.165) is 42.9 Å². The van der Waals surface area contributed by atoms with Gasteiger partial charge in [0.25, 0.3) is 5.56 Å². The van der Waals surface area contributed by atoms with Gasteiger partial charge in [-0.15, -0.1) is 0 Å². The van der Waals surface area contributed by atoms with Crippen LogP contribution in [0.15, 0.2) is 16.9 Å². The number of hydrogen-bond donors (Lipinski definition) is 1. The minimum Gasteiger partial charge on any atom is -0.376 e. The molecule has 4 rings (SSSR count). The topological polar surface area (TPSA) is 77.4 Å². The SMILES string of the molecule is CCC1CCC(OCC2C(NS(=O)(=O)CC)CCc3ccc(C4CC4)c(=O)n32)CC1. The number of nitrogens with zero attached hydrogens (tertiary/aromatic N) is 1. The Morgan fingerprint density at radius 3 is 2.43 bits per heavy atom. The Kier molecular flexibility index (Phi) is 6.70. The zero-order valence-electron chi connectivity index (χ0n) is 18.3. The van der Waals surface area contributed by atoms with Crippen LogP contribution in [0.1, 0.15) is 88.4 Å².